The molecule has 0 spiro atoms. The molecular formula is C10H17N3O4. The lowest BCUT2D eigenvalue weighted by atomic mass is 10.2. The van der Waals surface area contributed by atoms with Gasteiger partial charge in [0.2, 0.25) is 0 Å². The molecule has 1 unspecified atom stereocenters. The fraction of sp³-hybridized carbons (Fsp3) is 0.700. The Morgan fingerprint density at radius 2 is 2.18 bits per heavy atom. The Morgan fingerprint density at radius 3 is 2.71 bits per heavy atom. The maximum absolute atomic E-state index is 11.0. The van der Waals surface area contributed by atoms with Crippen LogP contribution in [0, 0.1) is 0 Å². The smallest absolute Gasteiger partial charge is 0.358 e. The molecule has 0 aliphatic rings. The van der Waals surface area contributed by atoms with Crippen molar-refractivity contribution in [2.24, 2.45) is 0 Å². The topological polar surface area (TPSA) is 86.5 Å². The first-order chi connectivity index (χ1) is 8.11. The summed E-state index contributed by atoms with van der Waals surface area (Å²) >= 11 is 0. The summed E-state index contributed by atoms with van der Waals surface area (Å²) in [5.41, 5.74) is 0.416. The van der Waals surface area contributed by atoms with Crippen molar-refractivity contribution in [2.45, 2.75) is 26.0 Å². The van der Waals surface area contributed by atoms with E-state index in [2.05, 4.69) is 10.3 Å². The van der Waals surface area contributed by atoms with E-state index >= 15 is 0 Å². The van der Waals surface area contributed by atoms with E-state index < -0.39 is 5.97 Å². The molecule has 7 nitrogen and oxygen atoms in total. The van der Waals surface area contributed by atoms with Crippen molar-refractivity contribution in [3.8, 4) is 0 Å². The second-order valence-electron chi connectivity index (χ2n) is 3.70. The van der Waals surface area contributed by atoms with Gasteiger partial charge in [-0.15, -0.1) is 5.10 Å². The van der Waals surface area contributed by atoms with E-state index in [1.807, 2.05) is 6.92 Å². The number of hydrogen-bond donors (Lipinski definition) is 1. The zero-order valence-electron chi connectivity index (χ0n) is 10.2. The van der Waals surface area contributed by atoms with Crippen LogP contribution in [-0.2, 0) is 16.1 Å². The molecule has 0 radical (unpaired) electrons. The minimum atomic E-state index is -1.10. The van der Waals surface area contributed by atoms with Gasteiger partial charge in [0.15, 0.2) is 5.69 Å². The van der Waals surface area contributed by atoms with Crippen molar-refractivity contribution in [1.82, 2.24) is 15.0 Å². The first kappa shape index (κ1) is 13.6. The molecule has 0 saturated carbocycles. The SMILES string of the molecule is COCCC(C)n1nnc(C(=O)O)c1COC. The quantitative estimate of drug-likeness (QED) is 0.759. The molecule has 0 amide bonds. The van der Waals surface area contributed by atoms with Crippen LogP contribution in [0.5, 0.6) is 0 Å². The van der Waals surface area contributed by atoms with E-state index in [0.29, 0.717) is 12.3 Å². The molecule has 1 heterocycles. The standard InChI is InChI=1S/C10H17N3O4/c1-7(4-5-16-2)13-8(6-17-3)9(10(14)15)11-12-13/h7H,4-6H2,1-3H3,(H,14,15). The molecule has 1 aromatic heterocycles. The largest absolute Gasteiger partial charge is 0.476 e. The lowest BCUT2D eigenvalue weighted by molar-refractivity contribution is 0.0684. The van der Waals surface area contributed by atoms with Crippen LogP contribution in [0.1, 0.15) is 35.6 Å². The second kappa shape index (κ2) is 6.31. The van der Waals surface area contributed by atoms with Gasteiger partial charge in [-0.25, -0.2) is 9.48 Å². The third-order valence-electron chi connectivity index (χ3n) is 2.43. The Balaban J connectivity index is 2.94. The number of methoxy groups -OCH3 is 2. The third-order valence-corrected chi connectivity index (χ3v) is 2.43. The Hall–Kier alpha value is -1.47. The molecule has 1 N–H and O–H groups in total. The van der Waals surface area contributed by atoms with Crippen LogP contribution >= 0.6 is 0 Å². The van der Waals surface area contributed by atoms with Gasteiger partial charge in [-0.2, -0.15) is 0 Å². The average molecular weight is 243 g/mol. The third kappa shape index (κ3) is 3.24. The van der Waals surface area contributed by atoms with Crippen LogP contribution in [-0.4, -0.2) is 46.9 Å². The summed E-state index contributed by atoms with van der Waals surface area (Å²) in [5, 5.41) is 16.5. The van der Waals surface area contributed by atoms with Crippen LogP contribution in [0.2, 0.25) is 0 Å². The first-order valence-electron chi connectivity index (χ1n) is 5.27. The average Bonchev–Trinajstić information content (AvgIpc) is 2.70. The molecule has 17 heavy (non-hydrogen) atoms. The van der Waals surface area contributed by atoms with Gasteiger partial charge >= 0.3 is 5.97 Å². The molecule has 0 saturated heterocycles. The Kier molecular flexibility index (Phi) is 5.05. The number of nitrogens with zero attached hydrogens (tertiary/aromatic N) is 3. The highest BCUT2D eigenvalue weighted by Crippen LogP contribution is 2.16. The summed E-state index contributed by atoms with van der Waals surface area (Å²) < 4.78 is 11.5. The van der Waals surface area contributed by atoms with Gasteiger partial charge in [0.05, 0.1) is 18.3 Å². The van der Waals surface area contributed by atoms with Gasteiger partial charge in [-0.05, 0) is 13.3 Å². The number of aromatic carboxylic acids is 1. The van der Waals surface area contributed by atoms with Crippen molar-refractivity contribution in [3.63, 3.8) is 0 Å². The fourth-order valence-corrected chi connectivity index (χ4v) is 1.52. The Morgan fingerprint density at radius 1 is 1.47 bits per heavy atom. The van der Waals surface area contributed by atoms with E-state index in [-0.39, 0.29) is 18.3 Å². The summed E-state index contributed by atoms with van der Waals surface area (Å²) in [7, 11) is 3.12. The monoisotopic (exact) mass is 243 g/mol. The van der Waals surface area contributed by atoms with Crippen molar-refractivity contribution < 1.29 is 19.4 Å². The van der Waals surface area contributed by atoms with E-state index in [1.165, 1.54) is 7.11 Å². The molecule has 0 aromatic carbocycles. The van der Waals surface area contributed by atoms with Crippen LogP contribution in [0.3, 0.4) is 0 Å². The second-order valence-corrected chi connectivity index (χ2v) is 3.70. The van der Waals surface area contributed by atoms with Gasteiger partial charge in [0, 0.05) is 20.8 Å². The van der Waals surface area contributed by atoms with Crippen molar-refractivity contribution in [2.75, 3.05) is 20.8 Å². The van der Waals surface area contributed by atoms with Gasteiger partial charge in [0.25, 0.3) is 0 Å². The first-order valence-corrected chi connectivity index (χ1v) is 5.27. The molecule has 7 heteroatoms. The summed E-state index contributed by atoms with van der Waals surface area (Å²) in [4.78, 5) is 11.0. The van der Waals surface area contributed by atoms with Crippen molar-refractivity contribution >= 4 is 5.97 Å². The number of hydrogen-bond acceptors (Lipinski definition) is 5. The maximum Gasteiger partial charge on any atom is 0.358 e. The minimum Gasteiger partial charge on any atom is -0.476 e. The number of carboxylic acids is 1. The van der Waals surface area contributed by atoms with Gasteiger partial charge in [0.1, 0.15) is 0 Å². The predicted octanol–water partition coefficient (Wildman–Crippen LogP) is 0.720. The van der Waals surface area contributed by atoms with E-state index in [0.717, 1.165) is 6.42 Å². The summed E-state index contributed by atoms with van der Waals surface area (Å²) in [6.07, 6.45) is 0.732. The summed E-state index contributed by atoms with van der Waals surface area (Å²) in [5.74, 6) is -1.10. The Bertz CT molecular complexity index is 378. The minimum absolute atomic E-state index is 0.0145. The van der Waals surface area contributed by atoms with E-state index in [1.54, 1.807) is 11.8 Å². The van der Waals surface area contributed by atoms with Crippen molar-refractivity contribution in [3.05, 3.63) is 11.4 Å². The molecule has 0 bridgehead atoms. The zero-order valence-corrected chi connectivity index (χ0v) is 10.2. The molecule has 0 fully saturated rings. The maximum atomic E-state index is 11.0. The molecule has 0 aliphatic carbocycles. The van der Waals surface area contributed by atoms with E-state index in [4.69, 9.17) is 14.6 Å². The number of aromatic nitrogens is 3. The molecule has 1 rings (SSSR count). The molecule has 0 aliphatic heterocycles. The lowest BCUT2D eigenvalue weighted by Crippen LogP contribution is -2.14. The fourth-order valence-electron chi connectivity index (χ4n) is 1.52. The zero-order chi connectivity index (χ0) is 12.8. The molecular weight excluding hydrogens is 226 g/mol. The normalized spacial score (nSPS) is 12.6. The molecule has 96 valence electrons. The number of rotatable bonds is 7. The van der Waals surface area contributed by atoms with Gasteiger partial charge < -0.3 is 14.6 Å². The summed E-state index contributed by atoms with van der Waals surface area (Å²) in [6.45, 7) is 2.68. The van der Waals surface area contributed by atoms with Crippen LogP contribution in [0.15, 0.2) is 0 Å². The van der Waals surface area contributed by atoms with Gasteiger partial charge in [-0.1, -0.05) is 5.21 Å². The number of carbonyl (C=O) groups is 1. The molecule has 1 atom stereocenters. The van der Waals surface area contributed by atoms with Crippen LogP contribution in [0.4, 0.5) is 0 Å². The Labute approximate surface area is 99.3 Å². The number of carboxylic acid groups (broad SMARTS) is 1. The van der Waals surface area contributed by atoms with Crippen LogP contribution in [0.25, 0.3) is 0 Å². The highest BCUT2D eigenvalue weighted by Gasteiger charge is 2.21. The highest BCUT2D eigenvalue weighted by atomic mass is 16.5. The summed E-state index contributed by atoms with van der Waals surface area (Å²) in [6, 6.07) is 0.0145. The lowest BCUT2D eigenvalue weighted by Gasteiger charge is -2.13. The van der Waals surface area contributed by atoms with Crippen molar-refractivity contribution in [1.29, 1.82) is 0 Å². The predicted molar refractivity (Wildman–Crippen MR) is 58.9 cm³/mol. The van der Waals surface area contributed by atoms with E-state index in [9.17, 15) is 4.79 Å². The van der Waals surface area contributed by atoms with Crippen LogP contribution < -0.4 is 0 Å². The molecule has 1 aromatic rings. The highest BCUT2D eigenvalue weighted by molar-refractivity contribution is 5.86. The van der Waals surface area contributed by atoms with Gasteiger partial charge in [-0.3, -0.25) is 0 Å². The number of ether oxygens (including phenoxy) is 2.